The van der Waals surface area contributed by atoms with Gasteiger partial charge in [0, 0.05) is 28.8 Å². The summed E-state index contributed by atoms with van der Waals surface area (Å²) in [7, 11) is 3.66. The number of thiazole rings is 1. The van der Waals surface area contributed by atoms with Gasteiger partial charge < -0.3 is 24.9 Å². The lowest BCUT2D eigenvalue weighted by Gasteiger charge is -2.35. The number of nitrogens with zero attached hydrogens (tertiary/aromatic N) is 3. The average Bonchev–Trinajstić information content (AvgIpc) is 3.92. The topological polar surface area (TPSA) is 169 Å². The second-order valence-corrected chi connectivity index (χ2v) is 18.5. The highest BCUT2D eigenvalue weighted by atomic mass is 32.2. The van der Waals surface area contributed by atoms with Crippen molar-refractivity contribution in [2.24, 2.45) is 11.3 Å². The van der Waals surface area contributed by atoms with Crippen LogP contribution in [0.5, 0.6) is 11.5 Å². The highest BCUT2D eigenvalue weighted by molar-refractivity contribution is 7.91. The van der Waals surface area contributed by atoms with Crippen molar-refractivity contribution in [3.05, 3.63) is 34.8 Å². The standard InChI is InChI=1S/C36H47BN6O7S2/c1-18(2)25-17-51-32(39-25)24-14-28(23-11-12-27(49-8)20(4)29(23)38-24)50-21-13-26(43(16-21)33(45)30(41-37)35(5,6)7)31(44)40-36(15-19(36)3)34(46)42-52(47,48)22-9-10-22/h11-12,14,17-19,21-22,26,30,41H,9-10,13,15-16H2,1-8H3,(H,40,44)(H,42,46)/t19-,21-,26+,30?,36-/m1/s1. The van der Waals surface area contributed by atoms with Crippen molar-refractivity contribution >= 4 is 58.0 Å². The Hall–Kier alpha value is -3.76. The van der Waals surface area contributed by atoms with Crippen LogP contribution >= 0.6 is 11.3 Å². The van der Waals surface area contributed by atoms with Gasteiger partial charge in [0.2, 0.25) is 21.8 Å². The molecular formula is C36H47BN6O7S2. The normalized spacial score (nSPS) is 23.8. The first-order chi connectivity index (χ1) is 24.4. The van der Waals surface area contributed by atoms with Crippen LogP contribution in [0.15, 0.2) is 23.6 Å². The number of sulfonamides is 1. The molecule has 13 nitrogen and oxygen atoms in total. The molecule has 1 aromatic carbocycles. The molecule has 0 spiro atoms. The number of pyridine rings is 1. The fourth-order valence-corrected chi connectivity index (χ4v) is 9.15. The SMILES string of the molecule is [B]NC(C(=O)N1C[C@H](Oc2cc(-c3nc(C(C)C)cs3)nc3c(C)c(OC)ccc23)C[C@H]1C(=O)N[C@]1(C(=O)NS(=O)(=O)C2CC2)C[C@H]1C)C(C)(C)C. The van der Waals surface area contributed by atoms with Crippen LogP contribution in [0.3, 0.4) is 0 Å². The van der Waals surface area contributed by atoms with Crippen molar-refractivity contribution in [2.45, 2.75) is 109 Å². The molecule has 3 amide bonds. The van der Waals surface area contributed by atoms with Crippen molar-refractivity contribution in [1.29, 1.82) is 0 Å². The van der Waals surface area contributed by atoms with Crippen LogP contribution in [-0.2, 0) is 24.4 Å². The Balaban J connectivity index is 1.33. The van der Waals surface area contributed by atoms with E-state index in [4.69, 9.17) is 27.4 Å². The molecule has 2 saturated carbocycles. The number of hydrogen-bond donors (Lipinski definition) is 3. The number of methoxy groups -OCH3 is 1. The van der Waals surface area contributed by atoms with E-state index in [1.54, 1.807) is 14.0 Å². The van der Waals surface area contributed by atoms with Gasteiger partial charge in [-0.3, -0.25) is 19.1 Å². The third-order valence-corrected chi connectivity index (χ3v) is 13.1. The van der Waals surface area contributed by atoms with E-state index < -0.39 is 62.1 Å². The van der Waals surface area contributed by atoms with Crippen molar-refractivity contribution in [3.63, 3.8) is 0 Å². The Morgan fingerprint density at radius 3 is 2.38 bits per heavy atom. The van der Waals surface area contributed by atoms with Crippen LogP contribution in [0.2, 0.25) is 0 Å². The first kappa shape index (κ1) is 38.0. The highest BCUT2D eigenvalue weighted by Gasteiger charge is 2.61. The third kappa shape index (κ3) is 7.25. The predicted octanol–water partition coefficient (Wildman–Crippen LogP) is 3.74. The molecule has 3 N–H and O–H groups in total. The van der Waals surface area contributed by atoms with Gasteiger partial charge in [0.05, 0.1) is 36.2 Å². The highest BCUT2D eigenvalue weighted by Crippen LogP contribution is 2.45. The maximum absolute atomic E-state index is 14.2. The Kier molecular flexibility index (Phi) is 10.2. The molecule has 16 heteroatoms. The lowest BCUT2D eigenvalue weighted by molar-refractivity contribution is -0.142. The van der Waals surface area contributed by atoms with E-state index in [0.717, 1.165) is 21.7 Å². The van der Waals surface area contributed by atoms with Gasteiger partial charge in [0.15, 0.2) is 7.98 Å². The zero-order valence-corrected chi connectivity index (χ0v) is 32.5. The molecule has 52 heavy (non-hydrogen) atoms. The van der Waals surface area contributed by atoms with Gasteiger partial charge in [-0.05, 0) is 55.6 Å². The summed E-state index contributed by atoms with van der Waals surface area (Å²) in [4.78, 5) is 53.0. The molecule has 5 atom stereocenters. The van der Waals surface area contributed by atoms with Gasteiger partial charge in [-0.1, -0.05) is 41.5 Å². The monoisotopic (exact) mass is 750 g/mol. The first-order valence-electron chi connectivity index (χ1n) is 17.7. The molecule has 3 heterocycles. The number of nitrogens with one attached hydrogen (secondary N) is 3. The molecule has 278 valence electrons. The van der Waals surface area contributed by atoms with Crippen LogP contribution in [0, 0.1) is 18.3 Å². The van der Waals surface area contributed by atoms with Gasteiger partial charge in [-0.15, -0.1) is 11.3 Å². The number of aryl methyl sites for hydroxylation is 1. The van der Waals surface area contributed by atoms with Gasteiger partial charge in [0.1, 0.15) is 39.9 Å². The van der Waals surface area contributed by atoms with Crippen LogP contribution in [0.4, 0.5) is 0 Å². The number of benzene rings is 1. The summed E-state index contributed by atoms with van der Waals surface area (Å²) < 4.78 is 39.8. The number of likely N-dealkylation sites (tertiary alicyclic amines) is 1. The van der Waals surface area contributed by atoms with Gasteiger partial charge in [-0.2, -0.15) is 0 Å². The quantitative estimate of drug-likeness (QED) is 0.232. The zero-order valence-electron chi connectivity index (χ0n) is 30.9. The minimum absolute atomic E-state index is 0.0546. The van der Waals surface area contributed by atoms with Crippen LogP contribution in [-0.4, -0.2) is 91.6 Å². The van der Waals surface area contributed by atoms with E-state index in [1.165, 1.54) is 16.2 Å². The summed E-state index contributed by atoms with van der Waals surface area (Å²) >= 11 is 1.49. The van der Waals surface area contributed by atoms with E-state index in [1.807, 2.05) is 51.3 Å². The summed E-state index contributed by atoms with van der Waals surface area (Å²) in [6, 6.07) is 3.68. The Labute approximate surface area is 310 Å². The molecule has 1 unspecified atom stereocenters. The number of hydrogen-bond acceptors (Lipinski definition) is 11. The number of rotatable bonds is 12. The molecule has 2 aliphatic carbocycles. The fourth-order valence-electron chi connectivity index (χ4n) is 6.85. The maximum atomic E-state index is 14.2. The van der Waals surface area contributed by atoms with Gasteiger partial charge >= 0.3 is 0 Å². The lowest BCUT2D eigenvalue weighted by Crippen LogP contribution is -2.59. The molecule has 2 radical (unpaired) electrons. The molecule has 6 rings (SSSR count). The summed E-state index contributed by atoms with van der Waals surface area (Å²) in [5, 5.41) is 8.35. The number of amides is 3. The molecule has 3 aliphatic rings. The number of ether oxygens (including phenoxy) is 2. The number of carbonyl (C=O) groups is 3. The minimum atomic E-state index is -3.83. The van der Waals surface area contributed by atoms with Crippen molar-refractivity contribution in [2.75, 3.05) is 13.7 Å². The van der Waals surface area contributed by atoms with E-state index >= 15 is 0 Å². The van der Waals surface area contributed by atoms with E-state index in [2.05, 4.69) is 29.1 Å². The van der Waals surface area contributed by atoms with Crippen LogP contribution in [0.1, 0.15) is 84.4 Å². The largest absolute Gasteiger partial charge is 0.496 e. The molecule has 3 aromatic rings. The number of carbonyl (C=O) groups excluding carboxylic acids is 3. The molecule has 2 aromatic heterocycles. The summed E-state index contributed by atoms with van der Waals surface area (Å²) in [5.74, 6) is -0.627. The minimum Gasteiger partial charge on any atom is -0.496 e. The third-order valence-electron chi connectivity index (χ3n) is 10.4. The lowest BCUT2D eigenvalue weighted by atomic mass is 9.84. The average molecular weight is 751 g/mol. The van der Waals surface area contributed by atoms with Crippen LogP contribution in [0.25, 0.3) is 21.6 Å². The molecule has 3 fully saturated rings. The first-order valence-corrected chi connectivity index (χ1v) is 20.1. The predicted molar refractivity (Wildman–Crippen MR) is 200 cm³/mol. The summed E-state index contributed by atoms with van der Waals surface area (Å²) in [6.45, 7) is 13.5. The molecular weight excluding hydrogens is 703 g/mol. The number of fused-ring (bicyclic) bond motifs is 1. The summed E-state index contributed by atoms with van der Waals surface area (Å²) in [6.07, 6.45) is 0.718. The van der Waals surface area contributed by atoms with E-state index in [-0.39, 0.29) is 31.2 Å². The van der Waals surface area contributed by atoms with Gasteiger partial charge in [0.25, 0.3) is 5.91 Å². The van der Waals surface area contributed by atoms with Crippen molar-refractivity contribution in [3.8, 4) is 22.2 Å². The second kappa shape index (κ2) is 13.9. The van der Waals surface area contributed by atoms with Crippen LogP contribution < -0.4 is 24.7 Å². The maximum Gasteiger partial charge on any atom is 0.259 e. The molecule has 1 aliphatic heterocycles. The summed E-state index contributed by atoms with van der Waals surface area (Å²) in [5.41, 5.74) is 1.05. The van der Waals surface area contributed by atoms with E-state index in [0.29, 0.717) is 35.6 Å². The van der Waals surface area contributed by atoms with E-state index in [9.17, 15) is 22.8 Å². The van der Waals surface area contributed by atoms with Crippen molar-refractivity contribution in [1.82, 2.24) is 30.1 Å². The van der Waals surface area contributed by atoms with Crippen molar-refractivity contribution < 1.29 is 32.3 Å². The smallest absolute Gasteiger partial charge is 0.259 e. The van der Waals surface area contributed by atoms with Gasteiger partial charge in [-0.25, -0.2) is 18.4 Å². The zero-order chi connectivity index (χ0) is 37.9. The fraction of sp³-hybridized carbons (Fsp3) is 0.583. The Morgan fingerprint density at radius 2 is 1.83 bits per heavy atom. The second-order valence-electron chi connectivity index (χ2n) is 15.7. The number of aromatic nitrogens is 2. The Bertz CT molecular complexity index is 2010. The molecule has 0 bridgehead atoms. The molecule has 1 saturated heterocycles. The Morgan fingerprint density at radius 1 is 1.13 bits per heavy atom.